The minimum absolute atomic E-state index is 0.403. The summed E-state index contributed by atoms with van der Waals surface area (Å²) in [6.07, 6.45) is 3.21. The van der Waals surface area contributed by atoms with Crippen molar-refractivity contribution in [2.45, 2.75) is 4.95 Å². The Morgan fingerprint density at radius 3 is 2.54 bits per heavy atom. The van der Waals surface area contributed by atoms with Crippen LogP contribution in [0.15, 0.2) is 36.4 Å². The van der Waals surface area contributed by atoms with Gasteiger partial charge in [-0.2, -0.15) is 0 Å². The van der Waals surface area contributed by atoms with Gasteiger partial charge in [0.05, 0.1) is 0 Å². The average Bonchev–Trinajstić information content (AvgIpc) is 2.15. The van der Waals surface area contributed by atoms with E-state index in [1.54, 1.807) is 6.08 Å². The maximum Gasteiger partial charge on any atom is 0.284 e. The number of hydrogen-bond donors (Lipinski definition) is 0. The topological polar surface area (TPSA) is 43.1 Å². The van der Waals surface area contributed by atoms with E-state index in [2.05, 4.69) is 15.9 Å². The summed E-state index contributed by atoms with van der Waals surface area (Å²) in [4.78, 5) is 9.01. The summed E-state index contributed by atoms with van der Waals surface area (Å²) in [5.74, 6) is 0. The monoisotopic (exact) mass is 241 g/mol. The molecule has 0 heterocycles. The Morgan fingerprint density at radius 2 is 2.00 bits per heavy atom. The number of alkyl halides is 1. The molecule has 0 saturated carbocycles. The van der Waals surface area contributed by atoms with E-state index in [4.69, 9.17) is 0 Å². The van der Waals surface area contributed by atoms with Crippen LogP contribution in [0.4, 0.5) is 0 Å². The fourth-order valence-electron chi connectivity index (χ4n) is 0.825. The van der Waals surface area contributed by atoms with Crippen LogP contribution in [0.3, 0.4) is 0 Å². The highest BCUT2D eigenvalue weighted by atomic mass is 79.9. The molecule has 13 heavy (non-hydrogen) atoms. The van der Waals surface area contributed by atoms with Crippen molar-refractivity contribution in [3.05, 3.63) is 52.1 Å². The number of benzene rings is 1. The molecule has 0 amide bonds. The fourth-order valence-corrected chi connectivity index (χ4v) is 0.978. The Hall–Kier alpha value is -1.16. The van der Waals surface area contributed by atoms with Crippen LogP contribution in [-0.4, -0.2) is 9.87 Å². The number of nitro groups is 1. The lowest BCUT2D eigenvalue weighted by Gasteiger charge is -1.94. The normalized spacial score (nSPS) is 13.0. The van der Waals surface area contributed by atoms with Crippen molar-refractivity contribution in [3.8, 4) is 0 Å². The first-order valence-corrected chi connectivity index (χ1v) is 4.62. The van der Waals surface area contributed by atoms with E-state index in [1.807, 2.05) is 30.3 Å². The van der Waals surface area contributed by atoms with Crippen molar-refractivity contribution in [3.63, 3.8) is 0 Å². The molecule has 0 saturated heterocycles. The molecule has 3 nitrogen and oxygen atoms in total. The van der Waals surface area contributed by atoms with Crippen molar-refractivity contribution in [1.82, 2.24) is 0 Å². The second-order valence-electron chi connectivity index (χ2n) is 2.43. The molecule has 1 aromatic rings. The van der Waals surface area contributed by atoms with Gasteiger partial charge in [0, 0.05) is 26.9 Å². The van der Waals surface area contributed by atoms with Crippen LogP contribution in [0.25, 0.3) is 6.08 Å². The van der Waals surface area contributed by atoms with Gasteiger partial charge in [-0.3, -0.25) is 10.1 Å². The summed E-state index contributed by atoms with van der Waals surface area (Å²) in [5.41, 5.74) is 0.953. The second-order valence-corrected chi connectivity index (χ2v) is 3.37. The van der Waals surface area contributed by atoms with Crippen LogP contribution in [0.5, 0.6) is 0 Å². The Kier molecular flexibility index (Phi) is 3.64. The molecule has 0 bridgehead atoms. The van der Waals surface area contributed by atoms with Gasteiger partial charge in [-0.1, -0.05) is 36.4 Å². The van der Waals surface area contributed by atoms with Gasteiger partial charge >= 0.3 is 0 Å². The van der Waals surface area contributed by atoms with Gasteiger partial charge in [0.25, 0.3) is 4.95 Å². The van der Waals surface area contributed by atoms with Crippen molar-refractivity contribution in [2.24, 2.45) is 0 Å². The van der Waals surface area contributed by atoms with Crippen LogP contribution < -0.4 is 0 Å². The smallest absolute Gasteiger partial charge is 0.263 e. The molecule has 1 aromatic carbocycles. The molecule has 1 unspecified atom stereocenters. The molecule has 0 fully saturated rings. The van der Waals surface area contributed by atoms with Crippen LogP contribution in [0.2, 0.25) is 0 Å². The minimum Gasteiger partial charge on any atom is -0.263 e. The third-order valence-electron chi connectivity index (χ3n) is 1.45. The summed E-state index contributed by atoms with van der Waals surface area (Å²) < 4.78 is 0. The number of halogens is 1. The standard InChI is InChI=1S/C9H8BrNO2/c10-9(11(12)13)7-6-8-4-2-1-3-5-8/h1-7,9H/b7-6+. The van der Waals surface area contributed by atoms with E-state index in [1.165, 1.54) is 6.08 Å². The molecule has 0 N–H and O–H groups in total. The maximum absolute atomic E-state index is 10.2. The van der Waals surface area contributed by atoms with Crippen LogP contribution in [-0.2, 0) is 0 Å². The van der Waals surface area contributed by atoms with Crippen LogP contribution >= 0.6 is 15.9 Å². The molecule has 0 spiro atoms. The average molecular weight is 242 g/mol. The fraction of sp³-hybridized carbons (Fsp3) is 0.111. The highest BCUT2D eigenvalue weighted by Gasteiger charge is 2.08. The molecule has 0 radical (unpaired) electrons. The third kappa shape index (κ3) is 3.38. The van der Waals surface area contributed by atoms with Crippen LogP contribution in [0, 0.1) is 10.1 Å². The number of nitrogens with zero attached hydrogens (tertiary/aromatic N) is 1. The van der Waals surface area contributed by atoms with Gasteiger partial charge in [0.15, 0.2) is 0 Å². The SMILES string of the molecule is O=[N+]([O-])C(Br)/C=C/c1ccccc1. The van der Waals surface area contributed by atoms with Gasteiger partial charge in [-0.25, -0.2) is 0 Å². The molecule has 0 aliphatic carbocycles. The Morgan fingerprint density at radius 1 is 1.38 bits per heavy atom. The molecule has 1 atom stereocenters. The zero-order chi connectivity index (χ0) is 9.68. The summed E-state index contributed by atoms with van der Waals surface area (Å²) in [7, 11) is 0. The minimum atomic E-state index is -0.812. The summed E-state index contributed by atoms with van der Waals surface area (Å²) in [6, 6.07) is 9.44. The summed E-state index contributed by atoms with van der Waals surface area (Å²) >= 11 is 2.91. The second kappa shape index (κ2) is 4.77. The van der Waals surface area contributed by atoms with E-state index in [9.17, 15) is 10.1 Å². The van der Waals surface area contributed by atoms with E-state index < -0.39 is 9.87 Å². The first-order chi connectivity index (χ1) is 6.20. The Bertz CT molecular complexity index is 311. The third-order valence-corrected chi connectivity index (χ3v) is 2.09. The lowest BCUT2D eigenvalue weighted by Crippen LogP contribution is -2.06. The predicted octanol–water partition coefficient (Wildman–Crippen LogP) is 2.70. The molecule has 0 aromatic heterocycles. The molecule has 68 valence electrons. The number of hydrogen-bond acceptors (Lipinski definition) is 2. The first-order valence-electron chi connectivity index (χ1n) is 3.71. The predicted molar refractivity (Wildman–Crippen MR) is 55.2 cm³/mol. The van der Waals surface area contributed by atoms with Gasteiger partial charge in [0.1, 0.15) is 0 Å². The van der Waals surface area contributed by atoms with Crippen LogP contribution in [0.1, 0.15) is 5.56 Å². The lowest BCUT2D eigenvalue weighted by molar-refractivity contribution is -0.480. The van der Waals surface area contributed by atoms with Crippen molar-refractivity contribution in [2.75, 3.05) is 0 Å². The molecule has 4 heteroatoms. The Balaban J connectivity index is 2.64. The van der Waals surface area contributed by atoms with E-state index in [0.29, 0.717) is 0 Å². The summed E-state index contributed by atoms with van der Waals surface area (Å²) in [6.45, 7) is 0. The van der Waals surface area contributed by atoms with Gasteiger partial charge in [0.2, 0.25) is 0 Å². The van der Waals surface area contributed by atoms with Gasteiger partial charge < -0.3 is 0 Å². The first kappa shape index (κ1) is 9.92. The van der Waals surface area contributed by atoms with Crippen molar-refractivity contribution < 1.29 is 4.92 Å². The molecule has 1 rings (SSSR count). The zero-order valence-electron chi connectivity index (χ0n) is 6.76. The Labute approximate surface area is 84.4 Å². The van der Waals surface area contributed by atoms with Crippen molar-refractivity contribution >= 4 is 22.0 Å². The molecule has 0 aliphatic heterocycles. The van der Waals surface area contributed by atoms with Crippen molar-refractivity contribution in [1.29, 1.82) is 0 Å². The van der Waals surface area contributed by atoms with Gasteiger partial charge in [-0.05, 0) is 5.56 Å². The molecular formula is C9H8BrNO2. The highest BCUT2D eigenvalue weighted by Crippen LogP contribution is 2.06. The van der Waals surface area contributed by atoms with E-state index in [-0.39, 0.29) is 0 Å². The highest BCUT2D eigenvalue weighted by molar-refractivity contribution is 9.09. The molecular weight excluding hydrogens is 234 g/mol. The van der Waals surface area contributed by atoms with Gasteiger partial charge in [-0.15, -0.1) is 0 Å². The quantitative estimate of drug-likeness (QED) is 0.354. The summed E-state index contributed by atoms with van der Waals surface area (Å²) in [5, 5.41) is 10.2. The maximum atomic E-state index is 10.2. The largest absolute Gasteiger partial charge is 0.284 e. The molecule has 0 aliphatic rings. The zero-order valence-corrected chi connectivity index (χ0v) is 8.35. The van der Waals surface area contributed by atoms with E-state index >= 15 is 0 Å². The number of rotatable bonds is 3. The lowest BCUT2D eigenvalue weighted by atomic mass is 10.2. The van der Waals surface area contributed by atoms with E-state index in [0.717, 1.165) is 5.56 Å².